The molecule has 2 aliphatic rings. The number of aliphatic hydroxyl groups excluding tert-OH is 1. The van der Waals surface area contributed by atoms with Gasteiger partial charge in [-0.1, -0.05) is 70.4 Å². The van der Waals surface area contributed by atoms with Crippen molar-refractivity contribution in [1.82, 2.24) is 0 Å². The SMILES string of the molecule is CCCCOCC1OC(OC[C@H](N)[C@@H]2OC(C)(C)O[C@@H]2CCc2ccccc2)C(OCCCC)C(OCCCC)C1O. The van der Waals surface area contributed by atoms with E-state index in [4.69, 9.17) is 38.9 Å². The molecule has 1 aromatic rings. The lowest BCUT2D eigenvalue weighted by molar-refractivity contribution is -0.319. The van der Waals surface area contributed by atoms with Gasteiger partial charge >= 0.3 is 0 Å². The maximum absolute atomic E-state index is 11.3. The van der Waals surface area contributed by atoms with Crippen LogP contribution in [0.1, 0.15) is 85.1 Å². The monoisotopic (exact) mass is 595 g/mol. The Labute approximate surface area is 253 Å². The molecule has 5 unspecified atom stereocenters. The molecule has 3 N–H and O–H groups in total. The summed E-state index contributed by atoms with van der Waals surface area (Å²) in [6.45, 7) is 12.2. The van der Waals surface area contributed by atoms with E-state index >= 15 is 0 Å². The van der Waals surface area contributed by atoms with E-state index in [0.717, 1.165) is 51.4 Å². The van der Waals surface area contributed by atoms with Crippen LogP contribution >= 0.6 is 0 Å². The minimum Gasteiger partial charge on any atom is -0.387 e. The lowest BCUT2D eigenvalue weighted by atomic mass is 9.98. The second kappa shape index (κ2) is 18.6. The molecule has 0 amide bonds. The molecule has 2 saturated heterocycles. The molecule has 0 radical (unpaired) electrons. The van der Waals surface area contributed by atoms with Crippen LogP contribution in [-0.2, 0) is 39.6 Å². The molecule has 0 bridgehead atoms. The van der Waals surface area contributed by atoms with Gasteiger partial charge in [-0.3, -0.25) is 0 Å². The molecule has 8 atom stereocenters. The summed E-state index contributed by atoms with van der Waals surface area (Å²) in [4.78, 5) is 0. The number of hydrogen-bond donors (Lipinski definition) is 2. The van der Waals surface area contributed by atoms with Crippen LogP contribution in [0.4, 0.5) is 0 Å². The number of aryl methyl sites for hydroxylation is 1. The van der Waals surface area contributed by atoms with Crippen molar-refractivity contribution in [3.8, 4) is 0 Å². The third-order valence-electron chi connectivity index (χ3n) is 7.82. The molecule has 2 fully saturated rings. The van der Waals surface area contributed by atoms with E-state index in [-0.39, 0.29) is 25.4 Å². The topological polar surface area (TPSA) is 111 Å². The van der Waals surface area contributed by atoms with Crippen molar-refractivity contribution in [3.05, 3.63) is 35.9 Å². The number of benzene rings is 1. The standard InChI is InChI=1S/C33H57NO8/c1-6-9-19-36-23-27-28(35)30(37-20-10-7-2)31(38-21-11-8-3)32(40-27)39-22-25(34)29-26(41-33(4,5)42-29)18-17-24-15-13-12-14-16-24/h12-16,25-32,35H,6-11,17-23,34H2,1-5H3/t25-,26+,27?,28?,29-,30?,31?,32?/m0/s1. The van der Waals surface area contributed by atoms with Crippen LogP contribution in [-0.4, -0.2) is 92.9 Å². The highest BCUT2D eigenvalue weighted by Gasteiger charge is 2.49. The van der Waals surface area contributed by atoms with E-state index in [0.29, 0.717) is 19.8 Å². The van der Waals surface area contributed by atoms with Crippen molar-refractivity contribution in [2.45, 2.75) is 141 Å². The molecule has 2 aliphatic heterocycles. The predicted octanol–water partition coefficient (Wildman–Crippen LogP) is 4.76. The Hall–Kier alpha value is -1.14. The van der Waals surface area contributed by atoms with Gasteiger partial charge in [-0.2, -0.15) is 0 Å². The molecule has 9 heteroatoms. The number of rotatable bonds is 20. The summed E-state index contributed by atoms with van der Waals surface area (Å²) in [7, 11) is 0. The van der Waals surface area contributed by atoms with E-state index in [1.165, 1.54) is 5.56 Å². The summed E-state index contributed by atoms with van der Waals surface area (Å²) in [5.74, 6) is -0.736. The number of hydrogen-bond acceptors (Lipinski definition) is 9. The minimum absolute atomic E-state index is 0.172. The smallest absolute Gasteiger partial charge is 0.186 e. The van der Waals surface area contributed by atoms with Crippen molar-refractivity contribution in [1.29, 1.82) is 0 Å². The molecule has 0 aromatic heterocycles. The van der Waals surface area contributed by atoms with Crippen molar-refractivity contribution < 1.29 is 38.3 Å². The first-order chi connectivity index (χ1) is 20.3. The van der Waals surface area contributed by atoms with Crippen molar-refractivity contribution in [2.24, 2.45) is 5.73 Å². The summed E-state index contributed by atoms with van der Waals surface area (Å²) in [6, 6.07) is 9.89. The zero-order chi connectivity index (χ0) is 30.4. The Bertz CT molecular complexity index is 843. The zero-order valence-electron chi connectivity index (χ0n) is 26.6. The normalized spacial score (nSPS) is 30.0. The van der Waals surface area contributed by atoms with Crippen LogP contribution in [0.15, 0.2) is 30.3 Å². The molecule has 42 heavy (non-hydrogen) atoms. The highest BCUT2D eigenvalue weighted by atomic mass is 16.8. The van der Waals surface area contributed by atoms with Gasteiger partial charge in [0, 0.05) is 19.8 Å². The van der Waals surface area contributed by atoms with Gasteiger partial charge in [0.1, 0.15) is 30.5 Å². The van der Waals surface area contributed by atoms with Crippen molar-refractivity contribution in [2.75, 3.05) is 33.0 Å². The van der Waals surface area contributed by atoms with Crippen LogP contribution < -0.4 is 5.73 Å². The third-order valence-corrected chi connectivity index (χ3v) is 7.82. The van der Waals surface area contributed by atoms with Gasteiger partial charge in [-0.15, -0.1) is 0 Å². The summed E-state index contributed by atoms with van der Waals surface area (Å²) in [6.07, 6.45) is 3.36. The molecule has 3 rings (SSSR count). The number of unbranched alkanes of at least 4 members (excludes halogenated alkanes) is 3. The largest absolute Gasteiger partial charge is 0.387 e. The van der Waals surface area contributed by atoms with E-state index in [9.17, 15) is 5.11 Å². The second-order valence-electron chi connectivity index (χ2n) is 12.0. The molecule has 242 valence electrons. The fourth-order valence-corrected chi connectivity index (χ4v) is 5.41. The van der Waals surface area contributed by atoms with Gasteiger partial charge in [-0.05, 0) is 51.5 Å². The number of ether oxygens (including phenoxy) is 7. The van der Waals surface area contributed by atoms with Crippen LogP contribution in [0.5, 0.6) is 0 Å². The number of nitrogens with two attached hydrogens (primary N) is 1. The third kappa shape index (κ3) is 11.1. The van der Waals surface area contributed by atoms with E-state index in [1.54, 1.807) is 0 Å². The summed E-state index contributed by atoms with van der Waals surface area (Å²) >= 11 is 0. The lowest BCUT2D eigenvalue weighted by Crippen LogP contribution is -2.61. The highest BCUT2D eigenvalue weighted by Crippen LogP contribution is 2.33. The van der Waals surface area contributed by atoms with Gasteiger partial charge in [0.25, 0.3) is 0 Å². The van der Waals surface area contributed by atoms with Gasteiger partial charge in [0.15, 0.2) is 12.1 Å². The van der Waals surface area contributed by atoms with Crippen LogP contribution in [0.3, 0.4) is 0 Å². The number of aliphatic hydroxyl groups is 1. The minimum atomic E-state index is -0.904. The fourth-order valence-electron chi connectivity index (χ4n) is 5.41. The maximum Gasteiger partial charge on any atom is 0.186 e. The molecule has 0 spiro atoms. The molecule has 0 saturated carbocycles. The first-order valence-electron chi connectivity index (χ1n) is 16.2. The summed E-state index contributed by atoms with van der Waals surface area (Å²) in [5.41, 5.74) is 7.97. The fraction of sp³-hybridized carbons (Fsp3) is 0.818. The Morgan fingerprint density at radius 3 is 2.17 bits per heavy atom. The van der Waals surface area contributed by atoms with E-state index < -0.39 is 42.5 Å². The van der Waals surface area contributed by atoms with Crippen LogP contribution in [0.25, 0.3) is 0 Å². The quantitative estimate of drug-likeness (QED) is 0.206. The molecule has 2 heterocycles. The van der Waals surface area contributed by atoms with Gasteiger partial charge in [-0.25, -0.2) is 0 Å². The zero-order valence-corrected chi connectivity index (χ0v) is 26.6. The molecule has 0 aliphatic carbocycles. The first kappa shape index (κ1) is 35.3. The molecule has 9 nitrogen and oxygen atoms in total. The van der Waals surface area contributed by atoms with E-state index in [1.807, 2.05) is 32.0 Å². The predicted molar refractivity (Wildman–Crippen MR) is 162 cm³/mol. The Morgan fingerprint density at radius 1 is 0.857 bits per heavy atom. The van der Waals surface area contributed by atoms with E-state index in [2.05, 4.69) is 32.9 Å². The van der Waals surface area contributed by atoms with Crippen LogP contribution in [0, 0.1) is 0 Å². The molecule has 1 aromatic carbocycles. The lowest BCUT2D eigenvalue weighted by Gasteiger charge is -2.44. The molecular formula is C33H57NO8. The molecular weight excluding hydrogens is 538 g/mol. The first-order valence-corrected chi connectivity index (χ1v) is 16.2. The Balaban J connectivity index is 1.69. The second-order valence-corrected chi connectivity index (χ2v) is 12.0. The van der Waals surface area contributed by atoms with Gasteiger partial charge in [0.05, 0.1) is 25.4 Å². The highest BCUT2D eigenvalue weighted by molar-refractivity contribution is 5.15. The summed E-state index contributed by atoms with van der Waals surface area (Å²) < 4.78 is 43.6. The Kier molecular flexibility index (Phi) is 15.7. The van der Waals surface area contributed by atoms with Crippen LogP contribution in [0.2, 0.25) is 0 Å². The van der Waals surface area contributed by atoms with Gasteiger partial charge < -0.3 is 44.0 Å². The van der Waals surface area contributed by atoms with Gasteiger partial charge in [0.2, 0.25) is 0 Å². The Morgan fingerprint density at radius 2 is 1.50 bits per heavy atom. The maximum atomic E-state index is 11.3. The summed E-state index contributed by atoms with van der Waals surface area (Å²) in [5, 5.41) is 11.3. The average molecular weight is 596 g/mol. The average Bonchev–Trinajstić information content (AvgIpc) is 3.30. The van der Waals surface area contributed by atoms with Crippen molar-refractivity contribution in [3.63, 3.8) is 0 Å². The van der Waals surface area contributed by atoms with Crippen molar-refractivity contribution >= 4 is 0 Å².